The Morgan fingerprint density at radius 2 is 2.40 bits per heavy atom. The Balaban J connectivity index is 1.69. The van der Waals surface area contributed by atoms with E-state index in [4.69, 9.17) is 9.47 Å². The minimum Gasteiger partial charge on any atom is -0.377 e. The standard InChI is InChI=1S/C14H17BrFNO3/c15-11-4-1-5-12(16)13(11)14(18)17-6-8-19-9-10-3-2-7-20-10/h1,4-5,10H,2-3,6-9H2,(H,17,18)/t10-/m1/s1. The predicted molar refractivity (Wildman–Crippen MR) is 76.2 cm³/mol. The molecule has 0 aromatic heterocycles. The van der Waals surface area contributed by atoms with E-state index in [1.807, 2.05) is 0 Å². The highest BCUT2D eigenvalue weighted by molar-refractivity contribution is 9.10. The van der Waals surface area contributed by atoms with Crippen LogP contribution in [0.2, 0.25) is 0 Å². The highest BCUT2D eigenvalue weighted by Gasteiger charge is 2.16. The Morgan fingerprint density at radius 3 is 3.10 bits per heavy atom. The summed E-state index contributed by atoms with van der Waals surface area (Å²) in [6, 6.07) is 4.43. The third kappa shape index (κ3) is 4.26. The molecule has 20 heavy (non-hydrogen) atoms. The number of carbonyl (C=O) groups excluding carboxylic acids is 1. The lowest BCUT2D eigenvalue weighted by Gasteiger charge is -2.11. The van der Waals surface area contributed by atoms with E-state index in [0.29, 0.717) is 24.2 Å². The second-order valence-corrected chi connectivity index (χ2v) is 5.42. The Labute approximate surface area is 125 Å². The van der Waals surface area contributed by atoms with Crippen LogP contribution in [0.15, 0.2) is 22.7 Å². The summed E-state index contributed by atoms with van der Waals surface area (Å²) < 4.78 is 24.8. The van der Waals surface area contributed by atoms with E-state index in [-0.39, 0.29) is 11.7 Å². The average molecular weight is 346 g/mol. The minimum absolute atomic E-state index is 0.0200. The van der Waals surface area contributed by atoms with E-state index < -0.39 is 11.7 Å². The molecule has 1 amide bonds. The Hall–Kier alpha value is -0.980. The van der Waals surface area contributed by atoms with E-state index >= 15 is 0 Å². The first-order valence-electron chi connectivity index (χ1n) is 6.60. The molecule has 2 rings (SSSR count). The van der Waals surface area contributed by atoms with Gasteiger partial charge in [0.1, 0.15) is 5.82 Å². The summed E-state index contributed by atoms with van der Waals surface area (Å²) in [4.78, 5) is 11.8. The first-order valence-corrected chi connectivity index (χ1v) is 7.39. The van der Waals surface area contributed by atoms with Crippen LogP contribution in [0.1, 0.15) is 23.2 Å². The molecular formula is C14H17BrFNO3. The van der Waals surface area contributed by atoms with Gasteiger partial charge in [-0.05, 0) is 40.9 Å². The summed E-state index contributed by atoms with van der Waals surface area (Å²) in [5.41, 5.74) is 0.0200. The maximum absolute atomic E-state index is 13.5. The van der Waals surface area contributed by atoms with Crippen LogP contribution in [0.5, 0.6) is 0 Å². The number of carbonyl (C=O) groups is 1. The average Bonchev–Trinajstić information content (AvgIpc) is 2.91. The molecule has 110 valence electrons. The monoisotopic (exact) mass is 345 g/mol. The molecule has 1 aliphatic rings. The molecule has 0 aliphatic carbocycles. The molecule has 1 N–H and O–H groups in total. The summed E-state index contributed by atoms with van der Waals surface area (Å²) in [6.07, 6.45) is 2.27. The fourth-order valence-corrected chi connectivity index (χ4v) is 2.55. The van der Waals surface area contributed by atoms with E-state index in [1.165, 1.54) is 6.07 Å². The van der Waals surface area contributed by atoms with E-state index in [0.717, 1.165) is 19.4 Å². The predicted octanol–water partition coefficient (Wildman–Crippen LogP) is 2.51. The van der Waals surface area contributed by atoms with Crippen LogP contribution in [0.4, 0.5) is 4.39 Å². The second-order valence-electron chi connectivity index (χ2n) is 4.56. The van der Waals surface area contributed by atoms with E-state index in [9.17, 15) is 9.18 Å². The van der Waals surface area contributed by atoms with Crippen molar-refractivity contribution < 1.29 is 18.7 Å². The normalized spacial score (nSPS) is 18.2. The third-order valence-corrected chi connectivity index (χ3v) is 3.71. The summed E-state index contributed by atoms with van der Waals surface area (Å²) in [6.45, 7) is 2.06. The molecule has 0 spiro atoms. The lowest BCUT2D eigenvalue weighted by molar-refractivity contribution is 0.0183. The number of halogens is 2. The van der Waals surface area contributed by atoms with Crippen molar-refractivity contribution in [2.45, 2.75) is 18.9 Å². The van der Waals surface area contributed by atoms with Gasteiger partial charge in [-0.15, -0.1) is 0 Å². The Bertz CT molecular complexity index is 443. The molecule has 4 nitrogen and oxygen atoms in total. The van der Waals surface area contributed by atoms with Crippen LogP contribution in [0, 0.1) is 5.82 Å². The molecule has 1 aromatic rings. The van der Waals surface area contributed by atoms with Gasteiger partial charge in [-0.3, -0.25) is 4.79 Å². The van der Waals surface area contributed by atoms with Crippen molar-refractivity contribution in [1.82, 2.24) is 5.32 Å². The number of nitrogens with one attached hydrogen (secondary N) is 1. The largest absolute Gasteiger partial charge is 0.377 e. The van der Waals surface area contributed by atoms with Gasteiger partial charge in [0.05, 0.1) is 24.9 Å². The second kappa shape index (κ2) is 7.71. The molecule has 1 heterocycles. The zero-order chi connectivity index (χ0) is 14.4. The van der Waals surface area contributed by atoms with Gasteiger partial charge in [0, 0.05) is 17.6 Å². The summed E-state index contributed by atoms with van der Waals surface area (Å²) in [5, 5.41) is 2.63. The van der Waals surface area contributed by atoms with Gasteiger partial charge in [0.2, 0.25) is 0 Å². The van der Waals surface area contributed by atoms with Crippen molar-refractivity contribution in [2.24, 2.45) is 0 Å². The first-order chi connectivity index (χ1) is 9.68. The number of amides is 1. The fourth-order valence-electron chi connectivity index (χ4n) is 2.03. The van der Waals surface area contributed by atoms with Gasteiger partial charge in [0.15, 0.2) is 0 Å². The molecule has 0 radical (unpaired) electrons. The van der Waals surface area contributed by atoms with E-state index in [2.05, 4.69) is 21.2 Å². The lowest BCUT2D eigenvalue weighted by Crippen LogP contribution is -2.29. The number of hydrogen-bond acceptors (Lipinski definition) is 3. The summed E-state index contributed by atoms with van der Waals surface area (Å²) in [7, 11) is 0. The van der Waals surface area contributed by atoms with Crippen LogP contribution < -0.4 is 5.32 Å². The Kier molecular flexibility index (Phi) is 5.94. The molecular weight excluding hydrogens is 329 g/mol. The van der Waals surface area contributed by atoms with Gasteiger partial charge < -0.3 is 14.8 Å². The van der Waals surface area contributed by atoms with Crippen LogP contribution in [-0.4, -0.2) is 38.4 Å². The van der Waals surface area contributed by atoms with E-state index in [1.54, 1.807) is 12.1 Å². The molecule has 1 atom stereocenters. The topological polar surface area (TPSA) is 47.6 Å². The smallest absolute Gasteiger partial charge is 0.255 e. The van der Waals surface area contributed by atoms with Crippen molar-refractivity contribution in [2.75, 3.05) is 26.4 Å². The Morgan fingerprint density at radius 1 is 1.55 bits per heavy atom. The first kappa shape index (κ1) is 15.4. The number of benzene rings is 1. The third-order valence-electron chi connectivity index (χ3n) is 3.05. The van der Waals surface area contributed by atoms with Crippen molar-refractivity contribution >= 4 is 21.8 Å². The quantitative estimate of drug-likeness (QED) is 0.806. The number of rotatable bonds is 6. The van der Waals surface area contributed by atoms with Crippen molar-refractivity contribution in [3.8, 4) is 0 Å². The highest BCUT2D eigenvalue weighted by atomic mass is 79.9. The van der Waals surface area contributed by atoms with Gasteiger partial charge in [-0.25, -0.2) is 4.39 Å². The van der Waals surface area contributed by atoms with Crippen LogP contribution in [0.3, 0.4) is 0 Å². The van der Waals surface area contributed by atoms with Gasteiger partial charge >= 0.3 is 0 Å². The zero-order valence-corrected chi connectivity index (χ0v) is 12.6. The maximum Gasteiger partial charge on any atom is 0.255 e. The SMILES string of the molecule is O=C(NCCOC[C@H]1CCCO1)c1c(F)cccc1Br. The van der Waals surface area contributed by atoms with Crippen molar-refractivity contribution in [1.29, 1.82) is 0 Å². The van der Waals surface area contributed by atoms with Crippen LogP contribution >= 0.6 is 15.9 Å². The van der Waals surface area contributed by atoms with Crippen molar-refractivity contribution in [3.05, 3.63) is 34.1 Å². The van der Waals surface area contributed by atoms with Gasteiger partial charge in [-0.1, -0.05) is 6.07 Å². The lowest BCUT2D eigenvalue weighted by atomic mass is 10.2. The molecule has 1 aromatic carbocycles. The molecule has 0 saturated carbocycles. The molecule has 0 unspecified atom stereocenters. The van der Waals surface area contributed by atoms with Crippen LogP contribution in [0.25, 0.3) is 0 Å². The highest BCUT2D eigenvalue weighted by Crippen LogP contribution is 2.19. The molecule has 1 aliphatic heterocycles. The molecule has 0 bridgehead atoms. The van der Waals surface area contributed by atoms with Crippen molar-refractivity contribution in [3.63, 3.8) is 0 Å². The van der Waals surface area contributed by atoms with Gasteiger partial charge in [0.25, 0.3) is 5.91 Å². The number of ether oxygens (including phenoxy) is 2. The zero-order valence-electron chi connectivity index (χ0n) is 11.0. The summed E-state index contributed by atoms with van der Waals surface area (Å²) >= 11 is 3.17. The summed E-state index contributed by atoms with van der Waals surface area (Å²) in [5.74, 6) is -0.993. The van der Waals surface area contributed by atoms with Crippen LogP contribution in [-0.2, 0) is 9.47 Å². The minimum atomic E-state index is -0.544. The molecule has 1 saturated heterocycles. The maximum atomic E-state index is 13.5. The van der Waals surface area contributed by atoms with Gasteiger partial charge in [-0.2, -0.15) is 0 Å². The molecule has 6 heteroatoms. The number of hydrogen-bond donors (Lipinski definition) is 1. The molecule has 1 fully saturated rings. The fraction of sp³-hybridized carbons (Fsp3) is 0.500.